The Morgan fingerprint density at radius 2 is 1.91 bits per heavy atom. The number of rotatable bonds is 6. The van der Waals surface area contributed by atoms with Gasteiger partial charge in [-0.1, -0.05) is 18.2 Å². The van der Waals surface area contributed by atoms with Gasteiger partial charge in [0.1, 0.15) is 22.8 Å². The molecule has 160 valence electrons. The summed E-state index contributed by atoms with van der Waals surface area (Å²) in [5, 5.41) is 16.9. The van der Waals surface area contributed by atoms with Crippen LogP contribution in [0.3, 0.4) is 0 Å². The molecule has 0 aliphatic rings. The average molecular weight is 427 g/mol. The topological polar surface area (TPSA) is 104 Å². The fourth-order valence-corrected chi connectivity index (χ4v) is 3.53. The third-order valence-electron chi connectivity index (χ3n) is 5.22. The van der Waals surface area contributed by atoms with Crippen LogP contribution in [0.15, 0.2) is 70.0 Å². The van der Waals surface area contributed by atoms with Gasteiger partial charge in [-0.05, 0) is 44.2 Å². The number of aromatic nitrogens is 2. The quantitative estimate of drug-likeness (QED) is 0.467. The molecule has 0 bridgehead atoms. The molecule has 1 amide bonds. The number of nitrogens with one attached hydrogen (secondary N) is 1. The zero-order valence-corrected chi connectivity index (χ0v) is 17.7. The first-order valence-electron chi connectivity index (χ1n) is 10.2. The number of hydrogen-bond acceptors (Lipinski definition) is 6. The summed E-state index contributed by atoms with van der Waals surface area (Å²) in [6.07, 6.45) is 1.36. The second kappa shape index (κ2) is 8.78. The largest absolute Gasteiger partial charge is 0.422 e. The number of carbonyl (C=O) groups is 1. The Morgan fingerprint density at radius 1 is 1.16 bits per heavy atom. The zero-order valence-electron chi connectivity index (χ0n) is 17.7. The highest BCUT2D eigenvalue weighted by atomic mass is 16.4. The molecule has 4 rings (SSSR count). The first kappa shape index (κ1) is 20.9. The summed E-state index contributed by atoms with van der Waals surface area (Å²) in [6, 6.07) is 18.1. The van der Waals surface area contributed by atoms with Gasteiger partial charge in [-0.2, -0.15) is 10.4 Å². The summed E-state index contributed by atoms with van der Waals surface area (Å²) in [7, 11) is 0. The Balaban J connectivity index is 1.70. The lowest BCUT2D eigenvalue weighted by Gasteiger charge is -2.21. The Kier molecular flexibility index (Phi) is 5.73. The summed E-state index contributed by atoms with van der Waals surface area (Å²) in [5.41, 5.74) is 1.28. The number of amides is 1. The molecule has 0 saturated carbocycles. The van der Waals surface area contributed by atoms with Crippen molar-refractivity contribution in [3.05, 3.63) is 82.3 Å². The van der Waals surface area contributed by atoms with Crippen LogP contribution in [0.1, 0.15) is 29.8 Å². The van der Waals surface area contributed by atoms with E-state index in [1.807, 2.05) is 50.2 Å². The normalized spacial score (nSPS) is 10.7. The molecule has 0 spiro atoms. The summed E-state index contributed by atoms with van der Waals surface area (Å²) in [5.74, 6) is -0.497. The van der Waals surface area contributed by atoms with Gasteiger partial charge in [0, 0.05) is 30.2 Å². The van der Waals surface area contributed by atoms with Crippen LogP contribution in [0, 0.1) is 11.3 Å². The van der Waals surface area contributed by atoms with Gasteiger partial charge in [-0.15, -0.1) is 0 Å². The van der Waals surface area contributed by atoms with E-state index in [1.165, 1.54) is 16.9 Å². The minimum atomic E-state index is -0.754. The van der Waals surface area contributed by atoms with E-state index in [1.54, 1.807) is 18.2 Å². The van der Waals surface area contributed by atoms with Crippen molar-refractivity contribution in [1.29, 1.82) is 5.26 Å². The van der Waals surface area contributed by atoms with Crippen LogP contribution in [-0.4, -0.2) is 28.8 Å². The van der Waals surface area contributed by atoms with Crippen molar-refractivity contribution in [1.82, 2.24) is 9.78 Å². The Labute approximate surface area is 184 Å². The Bertz CT molecular complexity index is 1380. The van der Waals surface area contributed by atoms with E-state index in [4.69, 9.17) is 4.42 Å². The molecule has 1 N–H and O–H groups in total. The first-order valence-corrected chi connectivity index (χ1v) is 10.2. The molecule has 0 atom stereocenters. The number of anilines is 2. The van der Waals surface area contributed by atoms with Crippen LogP contribution >= 0.6 is 0 Å². The van der Waals surface area contributed by atoms with E-state index >= 15 is 0 Å². The Hall–Kier alpha value is -4.38. The van der Waals surface area contributed by atoms with Crippen molar-refractivity contribution in [3.63, 3.8) is 0 Å². The number of carbonyl (C=O) groups excluding carboxylic acids is 1. The third kappa shape index (κ3) is 3.84. The smallest absolute Gasteiger partial charge is 0.349 e. The number of hydrogen-bond donors (Lipinski definition) is 1. The number of nitriles is 1. The van der Waals surface area contributed by atoms with Gasteiger partial charge in [-0.3, -0.25) is 4.79 Å². The number of fused-ring (bicyclic) bond motifs is 1. The molecule has 0 radical (unpaired) electrons. The SMILES string of the molecule is CCN(CC)c1ccc2cc(C(=O)Nc3c(C#N)cnn3-c3ccccc3)c(=O)oc2c1. The number of benzene rings is 2. The van der Waals surface area contributed by atoms with Gasteiger partial charge in [0.15, 0.2) is 5.82 Å². The summed E-state index contributed by atoms with van der Waals surface area (Å²) in [6.45, 7) is 5.74. The molecule has 0 aliphatic heterocycles. The zero-order chi connectivity index (χ0) is 22.7. The predicted octanol–water partition coefficient (Wildman–Crippen LogP) is 3.95. The maximum absolute atomic E-state index is 13.0. The first-order chi connectivity index (χ1) is 15.5. The molecule has 8 heteroatoms. The van der Waals surface area contributed by atoms with E-state index in [0.29, 0.717) is 16.7 Å². The molecule has 0 unspecified atom stereocenters. The highest BCUT2D eigenvalue weighted by molar-refractivity contribution is 6.05. The van der Waals surface area contributed by atoms with Crippen molar-refractivity contribution in [2.45, 2.75) is 13.8 Å². The van der Waals surface area contributed by atoms with Gasteiger partial charge in [0.25, 0.3) is 5.91 Å². The molecule has 2 heterocycles. The minimum Gasteiger partial charge on any atom is -0.422 e. The predicted molar refractivity (Wildman–Crippen MR) is 122 cm³/mol. The summed E-state index contributed by atoms with van der Waals surface area (Å²) < 4.78 is 6.89. The fraction of sp³-hybridized carbons (Fsp3) is 0.167. The average Bonchev–Trinajstić information content (AvgIpc) is 3.22. The van der Waals surface area contributed by atoms with Crippen molar-refractivity contribution in [2.24, 2.45) is 0 Å². The lowest BCUT2D eigenvalue weighted by Crippen LogP contribution is -2.23. The minimum absolute atomic E-state index is 0.155. The van der Waals surface area contributed by atoms with E-state index in [9.17, 15) is 14.9 Å². The molecular formula is C24H21N5O3. The van der Waals surface area contributed by atoms with E-state index in [2.05, 4.69) is 15.3 Å². The van der Waals surface area contributed by atoms with Gasteiger partial charge < -0.3 is 14.6 Å². The van der Waals surface area contributed by atoms with E-state index < -0.39 is 11.5 Å². The monoisotopic (exact) mass is 427 g/mol. The summed E-state index contributed by atoms with van der Waals surface area (Å²) >= 11 is 0. The highest BCUT2D eigenvalue weighted by Gasteiger charge is 2.20. The standard InChI is InChI=1S/C24H21N5O3/c1-3-28(4-2)19-11-10-16-12-20(24(31)32-21(16)13-19)23(30)27-22-17(14-25)15-26-29(22)18-8-6-5-7-9-18/h5-13,15H,3-4H2,1-2H3,(H,27,30). The molecule has 0 fully saturated rings. The molecule has 2 aromatic carbocycles. The van der Waals surface area contributed by atoms with Crippen molar-refractivity contribution in [3.8, 4) is 11.8 Å². The van der Waals surface area contributed by atoms with E-state index in [0.717, 1.165) is 18.8 Å². The van der Waals surface area contributed by atoms with Gasteiger partial charge >= 0.3 is 5.63 Å². The molecule has 8 nitrogen and oxygen atoms in total. The Morgan fingerprint density at radius 3 is 2.59 bits per heavy atom. The third-order valence-corrected chi connectivity index (χ3v) is 5.22. The van der Waals surface area contributed by atoms with E-state index in [-0.39, 0.29) is 16.9 Å². The van der Waals surface area contributed by atoms with Crippen molar-refractivity contribution in [2.75, 3.05) is 23.3 Å². The fourth-order valence-electron chi connectivity index (χ4n) is 3.53. The van der Waals surface area contributed by atoms with Crippen LogP contribution in [0.25, 0.3) is 16.7 Å². The highest BCUT2D eigenvalue weighted by Crippen LogP contribution is 2.23. The second-order valence-corrected chi connectivity index (χ2v) is 7.06. The van der Waals surface area contributed by atoms with Crippen LogP contribution in [0.5, 0.6) is 0 Å². The van der Waals surface area contributed by atoms with Crippen molar-refractivity contribution >= 4 is 28.4 Å². The second-order valence-electron chi connectivity index (χ2n) is 7.06. The van der Waals surface area contributed by atoms with Gasteiger partial charge in [0.2, 0.25) is 0 Å². The molecule has 2 aromatic heterocycles. The number of nitrogens with zero attached hydrogens (tertiary/aromatic N) is 4. The van der Waals surface area contributed by atoms with Gasteiger partial charge in [0.05, 0.1) is 11.9 Å². The lowest BCUT2D eigenvalue weighted by molar-refractivity contribution is 0.102. The van der Waals surface area contributed by atoms with Crippen LogP contribution in [0.2, 0.25) is 0 Å². The molecule has 4 aromatic rings. The maximum Gasteiger partial charge on any atom is 0.349 e. The summed E-state index contributed by atoms with van der Waals surface area (Å²) in [4.78, 5) is 27.7. The molecule has 0 saturated heterocycles. The van der Waals surface area contributed by atoms with Crippen LogP contribution < -0.4 is 15.8 Å². The van der Waals surface area contributed by atoms with Crippen LogP contribution in [-0.2, 0) is 0 Å². The number of para-hydroxylation sites is 1. The van der Waals surface area contributed by atoms with Gasteiger partial charge in [-0.25, -0.2) is 9.48 Å². The van der Waals surface area contributed by atoms with Crippen LogP contribution in [0.4, 0.5) is 11.5 Å². The maximum atomic E-state index is 13.0. The molecule has 0 aliphatic carbocycles. The van der Waals surface area contributed by atoms with Crippen molar-refractivity contribution < 1.29 is 9.21 Å². The molecular weight excluding hydrogens is 406 g/mol. The lowest BCUT2D eigenvalue weighted by atomic mass is 10.1. The molecule has 32 heavy (non-hydrogen) atoms.